The van der Waals surface area contributed by atoms with Crippen molar-refractivity contribution < 1.29 is 9.31 Å². The lowest BCUT2D eigenvalue weighted by atomic mass is 9.75. The van der Waals surface area contributed by atoms with Crippen molar-refractivity contribution in [2.45, 2.75) is 52.0 Å². The van der Waals surface area contributed by atoms with Crippen molar-refractivity contribution in [2.24, 2.45) is 0 Å². The van der Waals surface area contributed by atoms with Gasteiger partial charge < -0.3 is 9.31 Å². The zero-order valence-corrected chi connectivity index (χ0v) is 35.5. The molecule has 0 amide bonds. The molecule has 0 atom stereocenters. The summed E-state index contributed by atoms with van der Waals surface area (Å²) in [4.78, 5) is 2.34. The first-order chi connectivity index (χ1) is 29.6. The molecule has 298 valence electrons. The van der Waals surface area contributed by atoms with Crippen LogP contribution < -0.4 is 5.46 Å². The standard InChI is InChI=1S/C56H49BN2O2/c1-55(2)56(3,4)61-57(60-55)51-34-29-39(36-58)35-45(51)37-59(5)38-50-46-25-15-17-27-48(46)54(49-28-18-16-26-47(49)50)44-32-30-43(31-33-44)53(42-23-13-8-14-24-42)52(40-19-9-6-10-20-40)41-21-11-7-12-22-41/h6-35H,37-38H2,1-5H3. The molecule has 1 heterocycles. The van der Waals surface area contributed by atoms with Gasteiger partial charge in [0.25, 0.3) is 0 Å². The molecule has 0 N–H and O–H groups in total. The van der Waals surface area contributed by atoms with Gasteiger partial charge in [0.15, 0.2) is 0 Å². The molecule has 0 radical (unpaired) electrons. The molecule has 8 aromatic rings. The van der Waals surface area contributed by atoms with Crippen molar-refractivity contribution in [1.82, 2.24) is 4.90 Å². The molecule has 0 saturated carbocycles. The van der Waals surface area contributed by atoms with Gasteiger partial charge in [-0.05, 0) is 130 Å². The second-order valence-electron chi connectivity index (χ2n) is 17.2. The minimum Gasteiger partial charge on any atom is -0.399 e. The van der Waals surface area contributed by atoms with Crippen LogP contribution in [0.5, 0.6) is 0 Å². The van der Waals surface area contributed by atoms with E-state index in [2.05, 4.69) is 210 Å². The molecule has 1 aliphatic rings. The zero-order valence-electron chi connectivity index (χ0n) is 35.5. The van der Waals surface area contributed by atoms with Gasteiger partial charge in [-0.1, -0.05) is 170 Å². The molecule has 1 fully saturated rings. The topological polar surface area (TPSA) is 45.5 Å². The van der Waals surface area contributed by atoms with Crippen molar-refractivity contribution in [2.75, 3.05) is 7.05 Å². The van der Waals surface area contributed by atoms with Crippen molar-refractivity contribution >= 4 is 45.3 Å². The Bertz CT molecular complexity index is 2820. The van der Waals surface area contributed by atoms with E-state index in [9.17, 15) is 5.26 Å². The van der Waals surface area contributed by atoms with Gasteiger partial charge in [-0.2, -0.15) is 5.26 Å². The smallest absolute Gasteiger partial charge is 0.399 e. The predicted molar refractivity (Wildman–Crippen MR) is 253 cm³/mol. The first-order valence-corrected chi connectivity index (χ1v) is 21.1. The molecular weight excluding hydrogens is 743 g/mol. The summed E-state index contributed by atoms with van der Waals surface area (Å²) in [5.41, 5.74) is 12.4. The molecule has 1 saturated heterocycles. The number of hydrogen-bond acceptors (Lipinski definition) is 4. The quantitative estimate of drug-likeness (QED) is 0.0786. The summed E-state index contributed by atoms with van der Waals surface area (Å²) in [5, 5.41) is 14.8. The van der Waals surface area contributed by atoms with Gasteiger partial charge in [-0.3, -0.25) is 4.90 Å². The van der Waals surface area contributed by atoms with Gasteiger partial charge >= 0.3 is 7.12 Å². The number of nitrogens with zero attached hydrogens (tertiary/aromatic N) is 2. The highest BCUT2D eigenvalue weighted by molar-refractivity contribution is 6.62. The lowest BCUT2D eigenvalue weighted by Gasteiger charge is -2.32. The van der Waals surface area contributed by atoms with Gasteiger partial charge in [0.1, 0.15) is 0 Å². The van der Waals surface area contributed by atoms with E-state index < -0.39 is 18.3 Å². The Hall–Kier alpha value is -6.55. The lowest BCUT2D eigenvalue weighted by molar-refractivity contribution is 0.00578. The number of nitriles is 1. The van der Waals surface area contributed by atoms with Gasteiger partial charge in [0, 0.05) is 13.1 Å². The number of benzene rings is 8. The van der Waals surface area contributed by atoms with Gasteiger partial charge in [0.05, 0.1) is 22.8 Å². The SMILES string of the molecule is CN(Cc1cc(C#N)ccc1B1OC(C)(C)C(C)(C)O1)Cc1c2ccccc2c(-c2ccc(C(=C(c3ccccc3)c3ccccc3)c3ccccc3)cc2)c2ccccc12. The molecule has 9 rings (SSSR count). The Morgan fingerprint density at radius 1 is 0.525 bits per heavy atom. The van der Waals surface area contributed by atoms with Crippen LogP contribution in [0, 0.1) is 11.3 Å². The second-order valence-corrected chi connectivity index (χ2v) is 17.2. The highest BCUT2D eigenvalue weighted by Crippen LogP contribution is 2.42. The third-order valence-electron chi connectivity index (χ3n) is 12.6. The largest absolute Gasteiger partial charge is 0.495 e. The monoisotopic (exact) mass is 792 g/mol. The van der Waals surface area contributed by atoms with Crippen LogP contribution in [0.4, 0.5) is 0 Å². The number of hydrogen-bond donors (Lipinski definition) is 0. The molecule has 0 unspecified atom stereocenters. The summed E-state index contributed by atoms with van der Waals surface area (Å²) in [6.07, 6.45) is 0. The van der Waals surface area contributed by atoms with Crippen LogP contribution in [0.3, 0.4) is 0 Å². The van der Waals surface area contributed by atoms with Crippen LogP contribution in [-0.2, 0) is 22.4 Å². The molecule has 0 bridgehead atoms. The molecule has 4 nitrogen and oxygen atoms in total. The predicted octanol–water partition coefficient (Wildman–Crippen LogP) is 12.5. The lowest BCUT2D eigenvalue weighted by Crippen LogP contribution is -2.41. The minimum absolute atomic E-state index is 0.469. The van der Waals surface area contributed by atoms with E-state index in [4.69, 9.17) is 9.31 Å². The summed E-state index contributed by atoms with van der Waals surface area (Å²) >= 11 is 0. The maximum atomic E-state index is 9.90. The van der Waals surface area contributed by atoms with E-state index >= 15 is 0 Å². The van der Waals surface area contributed by atoms with Gasteiger partial charge in [0.2, 0.25) is 0 Å². The number of rotatable bonds is 10. The zero-order chi connectivity index (χ0) is 42.1. The average molecular weight is 793 g/mol. The van der Waals surface area contributed by atoms with E-state index in [1.54, 1.807) is 0 Å². The normalized spacial score (nSPS) is 14.3. The van der Waals surface area contributed by atoms with Gasteiger partial charge in [-0.15, -0.1) is 0 Å². The molecule has 61 heavy (non-hydrogen) atoms. The maximum Gasteiger partial charge on any atom is 0.495 e. The molecule has 0 aliphatic carbocycles. The van der Waals surface area contributed by atoms with Crippen molar-refractivity contribution in [3.05, 3.63) is 221 Å². The van der Waals surface area contributed by atoms with Crippen LogP contribution in [0.1, 0.15) is 66.6 Å². The summed E-state index contributed by atoms with van der Waals surface area (Å²) in [6.45, 7) is 9.61. The molecule has 1 aliphatic heterocycles. The highest BCUT2D eigenvalue weighted by Gasteiger charge is 2.52. The fraction of sp³-hybridized carbons (Fsp3) is 0.161. The first-order valence-electron chi connectivity index (χ1n) is 21.1. The number of fused-ring (bicyclic) bond motifs is 2. The van der Waals surface area contributed by atoms with Crippen molar-refractivity contribution in [3.63, 3.8) is 0 Å². The minimum atomic E-state index is -0.518. The van der Waals surface area contributed by atoms with E-state index in [1.165, 1.54) is 66.1 Å². The van der Waals surface area contributed by atoms with E-state index in [0.29, 0.717) is 18.7 Å². The molecule has 0 spiro atoms. The average Bonchev–Trinajstić information content (AvgIpc) is 3.51. The summed E-state index contributed by atoms with van der Waals surface area (Å²) < 4.78 is 13.0. The van der Waals surface area contributed by atoms with Crippen LogP contribution in [0.25, 0.3) is 43.8 Å². The third-order valence-corrected chi connectivity index (χ3v) is 12.6. The Morgan fingerprint density at radius 2 is 0.951 bits per heavy atom. The summed E-state index contributed by atoms with van der Waals surface area (Å²) in [6, 6.07) is 67.2. The van der Waals surface area contributed by atoms with Crippen molar-refractivity contribution in [3.8, 4) is 17.2 Å². The molecule has 8 aromatic carbocycles. The van der Waals surface area contributed by atoms with Crippen LogP contribution in [0.2, 0.25) is 0 Å². The fourth-order valence-electron chi connectivity index (χ4n) is 8.86. The fourth-order valence-corrected chi connectivity index (χ4v) is 8.86. The van der Waals surface area contributed by atoms with Crippen LogP contribution in [-0.4, -0.2) is 30.3 Å². The Balaban J connectivity index is 1.13. The van der Waals surface area contributed by atoms with E-state index in [1.807, 2.05) is 18.2 Å². The van der Waals surface area contributed by atoms with E-state index in [0.717, 1.165) is 16.6 Å². The molecule has 5 heteroatoms. The summed E-state index contributed by atoms with van der Waals surface area (Å²) in [5.74, 6) is 0. The Labute approximate surface area is 360 Å². The maximum absolute atomic E-state index is 9.90. The van der Waals surface area contributed by atoms with Gasteiger partial charge in [-0.25, -0.2) is 0 Å². The van der Waals surface area contributed by atoms with E-state index in [-0.39, 0.29) is 0 Å². The highest BCUT2D eigenvalue weighted by atomic mass is 16.7. The third kappa shape index (κ3) is 7.71. The molecular formula is C56H49BN2O2. The van der Waals surface area contributed by atoms with Crippen molar-refractivity contribution in [1.29, 1.82) is 5.26 Å². The first kappa shape index (κ1) is 39.9. The van der Waals surface area contributed by atoms with Crippen LogP contribution >= 0.6 is 0 Å². The Morgan fingerprint density at radius 3 is 1.41 bits per heavy atom. The second kappa shape index (κ2) is 16.5. The Kier molecular flexibility index (Phi) is 10.8. The summed E-state index contributed by atoms with van der Waals surface area (Å²) in [7, 11) is 1.64. The molecule has 0 aromatic heterocycles. The van der Waals surface area contributed by atoms with Crippen LogP contribution in [0.15, 0.2) is 182 Å².